The molecular formula is C23H30N2O2S. The summed E-state index contributed by atoms with van der Waals surface area (Å²) in [4.78, 5) is 15.5. The lowest BCUT2D eigenvalue weighted by Gasteiger charge is -2.23. The maximum absolute atomic E-state index is 12.7. The molecular weight excluding hydrogens is 368 g/mol. The third kappa shape index (κ3) is 4.82. The van der Waals surface area contributed by atoms with Gasteiger partial charge in [0.25, 0.3) is 0 Å². The molecule has 1 aliphatic carbocycles. The summed E-state index contributed by atoms with van der Waals surface area (Å²) in [5, 5.41) is 3.13. The van der Waals surface area contributed by atoms with E-state index in [4.69, 9.17) is 4.74 Å². The lowest BCUT2D eigenvalue weighted by atomic mass is 9.89. The number of methoxy groups -OCH3 is 1. The van der Waals surface area contributed by atoms with Crippen LogP contribution in [0.25, 0.3) is 0 Å². The van der Waals surface area contributed by atoms with Gasteiger partial charge >= 0.3 is 6.03 Å². The predicted molar refractivity (Wildman–Crippen MR) is 116 cm³/mol. The van der Waals surface area contributed by atoms with Gasteiger partial charge in [-0.15, -0.1) is 11.8 Å². The van der Waals surface area contributed by atoms with E-state index >= 15 is 0 Å². The Labute approximate surface area is 172 Å². The van der Waals surface area contributed by atoms with Crippen LogP contribution in [0.2, 0.25) is 0 Å². The van der Waals surface area contributed by atoms with Crippen molar-refractivity contribution in [2.45, 2.75) is 50.1 Å². The van der Waals surface area contributed by atoms with Gasteiger partial charge in [-0.2, -0.15) is 0 Å². The summed E-state index contributed by atoms with van der Waals surface area (Å²) in [7, 11) is 3.50. The Hall–Kier alpha value is -2.14. The van der Waals surface area contributed by atoms with Gasteiger partial charge in [-0.3, -0.25) is 0 Å². The predicted octanol–water partition coefficient (Wildman–Crippen LogP) is 5.20. The molecule has 0 spiro atoms. The van der Waals surface area contributed by atoms with Crippen molar-refractivity contribution < 1.29 is 9.53 Å². The maximum Gasteiger partial charge on any atom is 0.317 e. The maximum atomic E-state index is 12.7. The number of carbonyl (C=O) groups is 1. The van der Waals surface area contributed by atoms with Crippen molar-refractivity contribution in [3.63, 3.8) is 0 Å². The van der Waals surface area contributed by atoms with Crippen LogP contribution in [0.5, 0.6) is 5.75 Å². The number of hydrogen-bond acceptors (Lipinski definition) is 3. The number of amides is 2. The van der Waals surface area contributed by atoms with Crippen LogP contribution >= 0.6 is 11.8 Å². The fraction of sp³-hybridized carbons (Fsp3) is 0.435. The molecule has 1 atom stereocenters. The molecule has 5 heteroatoms. The molecule has 0 aliphatic heterocycles. The summed E-state index contributed by atoms with van der Waals surface area (Å²) >= 11 is 1.65. The molecule has 1 N–H and O–H groups in total. The summed E-state index contributed by atoms with van der Waals surface area (Å²) in [5.41, 5.74) is 5.13. The SMILES string of the molecule is COc1cc(CN(C)C(=O)NC(C)c2ccc3c(c2)CCCC3)ccc1SC. The second-order valence-corrected chi connectivity index (χ2v) is 8.30. The quantitative estimate of drug-likeness (QED) is 0.680. The molecule has 150 valence electrons. The standard InChI is InChI=1S/C23H30N2O2S/c1-16(19-11-10-18-7-5-6-8-20(18)14-19)24-23(26)25(2)15-17-9-12-22(28-4)21(13-17)27-3/h9-14,16H,5-8,15H2,1-4H3,(H,24,26). The van der Waals surface area contributed by atoms with Crippen LogP contribution in [-0.4, -0.2) is 31.3 Å². The highest BCUT2D eigenvalue weighted by Crippen LogP contribution is 2.29. The zero-order valence-electron chi connectivity index (χ0n) is 17.2. The van der Waals surface area contributed by atoms with Gasteiger partial charge in [0.1, 0.15) is 5.75 Å². The first-order valence-corrected chi connectivity index (χ1v) is 11.1. The molecule has 0 saturated heterocycles. The van der Waals surface area contributed by atoms with Gasteiger partial charge in [0.2, 0.25) is 0 Å². The molecule has 2 amide bonds. The summed E-state index contributed by atoms with van der Waals surface area (Å²) in [6.45, 7) is 2.58. The molecule has 2 aromatic rings. The number of nitrogens with one attached hydrogen (secondary N) is 1. The Bertz CT molecular complexity index is 837. The number of aryl methyl sites for hydroxylation is 2. The van der Waals surface area contributed by atoms with E-state index in [0.717, 1.165) is 22.6 Å². The third-order valence-corrected chi connectivity index (χ3v) is 6.20. The van der Waals surface area contributed by atoms with Crippen LogP contribution < -0.4 is 10.1 Å². The summed E-state index contributed by atoms with van der Waals surface area (Å²) in [5.74, 6) is 0.848. The van der Waals surface area contributed by atoms with Crippen LogP contribution in [0.15, 0.2) is 41.3 Å². The fourth-order valence-electron chi connectivity index (χ4n) is 3.73. The van der Waals surface area contributed by atoms with Crippen molar-refractivity contribution in [3.05, 3.63) is 58.7 Å². The van der Waals surface area contributed by atoms with Gasteiger partial charge in [0.15, 0.2) is 0 Å². The highest BCUT2D eigenvalue weighted by Gasteiger charge is 2.16. The first kappa shape index (κ1) is 20.6. The second kappa shape index (κ2) is 9.37. The van der Waals surface area contributed by atoms with E-state index in [1.807, 2.05) is 38.4 Å². The fourth-order valence-corrected chi connectivity index (χ4v) is 4.27. The van der Waals surface area contributed by atoms with E-state index in [0.29, 0.717) is 6.54 Å². The minimum atomic E-state index is -0.0712. The zero-order chi connectivity index (χ0) is 20.1. The van der Waals surface area contributed by atoms with Crippen LogP contribution in [0.3, 0.4) is 0 Å². The number of thioether (sulfide) groups is 1. The number of ether oxygens (including phenoxy) is 1. The van der Waals surface area contributed by atoms with Crippen molar-refractivity contribution in [2.24, 2.45) is 0 Å². The van der Waals surface area contributed by atoms with E-state index in [2.05, 4.69) is 23.5 Å². The Morgan fingerprint density at radius 2 is 1.93 bits per heavy atom. The van der Waals surface area contributed by atoms with Gasteiger partial charge in [-0.25, -0.2) is 4.79 Å². The number of carbonyl (C=O) groups excluding carboxylic acids is 1. The number of urea groups is 1. The molecule has 0 aromatic heterocycles. The van der Waals surface area contributed by atoms with Crippen molar-refractivity contribution in [1.82, 2.24) is 10.2 Å². The third-order valence-electron chi connectivity index (χ3n) is 5.43. The van der Waals surface area contributed by atoms with E-state index in [-0.39, 0.29) is 12.1 Å². The highest BCUT2D eigenvalue weighted by atomic mass is 32.2. The number of nitrogens with zero attached hydrogens (tertiary/aromatic N) is 1. The highest BCUT2D eigenvalue weighted by molar-refractivity contribution is 7.98. The van der Waals surface area contributed by atoms with Gasteiger partial charge in [0.05, 0.1) is 13.2 Å². The van der Waals surface area contributed by atoms with Crippen LogP contribution in [-0.2, 0) is 19.4 Å². The molecule has 28 heavy (non-hydrogen) atoms. The number of hydrogen-bond donors (Lipinski definition) is 1. The monoisotopic (exact) mass is 398 g/mol. The summed E-state index contributed by atoms with van der Waals surface area (Å²) in [6.07, 6.45) is 6.90. The normalized spacial score (nSPS) is 14.1. The van der Waals surface area contributed by atoms with Crippen molar-refractivity contribution in [2.75, 3.05) is 20.4 Å². The lowest BCUT2D eigenvalue weighted by molar-refractivity contribution is 0.203. The first-order valence-electron chi connectivity index (χ1n) is 9.86. The molecule has 4 nitrogen and oxygen atoms in total. The van der Waals surface area contributed by atoms with Gasteiger partial charge in [-0.05, 0) is 73.2 Å². The van der Waals surface area contributed by atoms with Gasteiger partial charge in [-0.1, -0.05) is 24.3 Å². The van der Waals surface area contributed by atoms with Crippen LogP contribution in [0, 0.1) is 0 Å². The number of rotatable bonds is 6. The average Bonchev–Trinajstić information content (AvgIpc) is 2.73. The smallest absolute Gasteiger partial charge is 0.317 e. The van der Waals surface area contributed by atoms with Crippen LogP contribution in [0.4, 0.5) is 4.79 Å². The molecule has 2 aromatic carbocycles. The number of fused-ring (bicyclic) bond motifs is 1. The molecule has 0 radical (unpaired) electrons. The van der Waals surface area contributed by atoms with Crippen molar-refractivity contribution in [1.29, 1.82) is 0 Å². The van der Waals surface area contributed by atoms with Crippen LogP contribution in [0.1, 0.15) is 48.1 Å². The van der Waals surface area contributed by atoms with E-state index in [1.165, 1.54) is 36.0 Å². The van der Waals surface area contributed by atoms with Gasteiger partial charge < -0.3 is 15.0 Å². The molecule has 1 unspecified atom stereocenters. The largest absolute Gasteiger partial charge is 0.496 e. The molecule has 1 aliphatic rings. The minimum absolute atomic E-state index is 0.0180. The first-order chi connectivity index (χ1) is 13.5. The van der Waals surface area contributed by atoms with Gasteiger partial charge in [0, 0.05) is 18.5 Å². The Balaban J connectivity index is 1.62. The lowest BCUT2D eigenvalue weighted by Crippen LogP contribution is -2.38. The minimum Gasteiger partial charge on any atom is -0.496 e. The molecule has 0 heterocycles. The Morgan fingerprint density at radius 3 is 2.64 bits per heavy atom. The van der Waals surface area contributed by atoms with E-state index < -0.39 is 0 Å². The Morgan fingerprint density at radius 1 is 1.18 bits per heavy atom. The summed E-state index contributed by atoms with van der Waals surface area (Å²) in [6, 6.07) is 12.7. The zero-order valence-corrected chi connectivity index (χ0v) is 18.1. The molecule has 0 bridgehead atoms. The van der Waals surface area contributed by atoms with Crippen molar-refractivity contribution in [3.8, 4) is 5.75 Å². The van der Waals surface area contributed by atoms with E-state index in [9.17, 15) is 4.79 Å². The molecule has 0 saturated carbocycles. The molecule has 0 fully saturated rings. The summed E-state index contributed by atoms with van der Waals surface area (Å²) < 4.78 is 5.45. The van der Waals surface area contributed by atoms with Crippen molar-refractivity contribution >= 4 is 17.8 Å². The topological polar surface area (TPSA) is 41.6 Å². The number of benzene rings is 2. The average molecular weight is 399 g/mol. The van der Waals surface area contributed by atoms with E-state index in [1.54, 1.807) is 23.8 Å². The second-order valence-electron chi connectivity index (χ2n) is 7.45. The Kier molecular flexibility index (Phi) is 6.89. The molecule has 3 rings (SSSR count).